The van der Waals surface area contributed by atoms with Crippen LogP contribution in [0, 0.1) is 0 Å². The van der Waals surface area contributed by atoms with E-state index in [1.165, 1.54) is 6.26 Å². The first-order chi connectivity index (χ1) is 11.3. The molecule has 0 aromatic heterocycles. The highest BCUT2D eigenvalue weighted by atomic mass is 32.2. The van der Waals surface area contributed by atoms with Crippen molar-refractivity contribution >= 4 is 15.7 Å². The molecule has 0 aliphatic carbocycles. The normalized spacial score (nSPS) is 12.5. The molecule has 0 spiro atoms. The summed E-state index contributed by atoms with van der Waals surface area (Å²) in [6.07, 6.45) is 1.42. The molecule has 0 saturated carbocycles. The SMILES string of the molecule is COc1cccc(CC(=O)N[C@@H](C)c2ccc(S(C)(=O)=O)cc2)c1. The van der Waals surface area contributed by atoms with Gasteiger partial charge in [-0.2, -0.15) is 0 Å². The van der Waals surface area contributed by atoms with Gasteiger partial charge < -0.3 is 10.1 Å². The lowest BCUT2D eigenvalue weighted by atomic mass is 10.1. The Bertz CT molecular complexity index is 813. The van der Waals surface area contributed by atoms with Gasteiger partial charge in [0.05, 0.1) is 24.5 Å². The molecule has 1 amide bonds. The van der Waals surface area contributed by atoms with Gasteiger partial charge >= 0.3 is 0 Å². The molecule has 24 heavy (non-hydrogen) atoms. The van der Waals surface area contributed by atoms with Gasteiger partial charge in [-0.3, -0.25) is 4.79 Å². The monoisotopic (exact) mass is 347 g/mol. The van der Waals surface area contributed by atoms with Crippen molar-refractivity contribution in [3.8, 4) is 5.75 Å². The molecule has 6 heteroatoms. The van der Waals surface area contributed by atoms with Gasteiger partial charge in [-0.05, 0) is 42.3 Å². The molecule has 0 radical (unpaired) electrons. The molecule has 2 aromatic rings. The van der Waals surface area contributed by atoms with E-state index in [4.69, 9.17) is 4.74 Å². The molecule has 0 unspecified atom stereocenters. The summed E-state index contributed by atoms with van der Waals surface area (Å²) in [7, 11) is -1.63. The zero-order chi connectivity index (χ0) is 17.7. The van der Waals surface area contributed by atoms with Crippen LogP contribution in [-0.2, 0) is 21.1 Å². The maximum Gasteiger partial charge on any atom is 0.224 e. The van der Waals surface area contributed by atoms with Crippen molar-refractivity contribution in [3.63, 3.8) is 0 Å². The maximum absolute atomic E-state index is 12.2. The van der Waals surface area contributed by atoms with E-state index in [-0.39, 0.29) is 23.3 Å². The Balaban J connectivity index is 2.00. The van der Waals surface area contributed by atoms with Crippen molar-refractivity contribution in [3.05, 3.63) is 59.7 Å². The van der Waals surface area contributed by atoms with E-state index in [1.807, 2.05) is 31.2 Å². The molecule has 0 fully saturated rings. The number of ether oxygens (including phenoxy) is 1. The molecular weight excluding hydrogens is 326 g/mol. The second-order valence-electron chi connectivity index (χ2n) is 5.66. The Morgan fingerprint density at radius 3 is 2.42 bits per heavy atom. The number of amides is 1. The van der Waals surface area contributed by atoms with Crippen LogP contribution < -0.4 is 10.1 Å². The van der Waals surface area contributed by atoms with E-state index in [0.29, 0.717) is 5.75 Å². The standard InChI is InChI=1S/C18H21NO4S/c1-13(15-7-9-17(10-8-15)24(3,21)22)19-18(20)12-14-5-4-6-16(11-14)23-2/h4-11,13H,12H2,1-3H3,(H,19,20)/t13-/m0/s1. The van der Waals surface area contributed by atoms with E-state index < -0.39 is 9.84 Å². The molecule has 2 aromatic carbocycles. The molecule has 1 N–H and O–H groups in total. The molecule has 1 atom stereocenters. The van der Waals surface area contributed by atoms with Gasteiger partial charge in [-0.25, -0.2) is 8.42 Å². The number of hydrogen-bond acceptors (Lipinski definition) is 4. The predicted octanol–water partition coefficient (Wildman–Crippen LogP) is 2.52. The fourth-order valence-electron chi connectivity index (χ4n) is 2.35. The maximum atomic E-state index is 12.2. The van der Waals surface area contributed by atoms with Crippen LogP contribution in [0.5, 0.6) is 5.75 Å². The lowest BCUT2D eigenvalue weighted by molar-refractivity contribution is -0.121. The number of nitrogens with one attached hydrogen (secondary N) is 1. The molecule has 0 bridgehead atoms. The van der Waals surface area contributed by atoms with Gasteiger partial charge in [0.2, 0.25) is 5.91 Å². The van der Waals surface area contributed by atoms with Crippen LogP contribution in [0.1, 0.15) is 24.1 Å². The molecule has 0 aliphatic rings. The number of carbonyl (C=O) groups is 1. The third-order valence-corrected chi connectivity index (χ3v) is 4.81. The predicted molar refractivity (Wildman–Crippen MR) is 92.8 cm³/mol. The summed E-state index contributed by atoms with van der Waals surface area (Å²) < 4.78 is 28.1. The molecule has 5 nitrogen and oxygen atoms in total. The van der Waals surface area contributed by atoms with E-state index in [1.54, 1.807) is 31.4 Å². The number of hydrogen-bond donors (Lipinski definition) is 1. The first kappa shape index (κ1) is 18.0. The number of sulfone groups is 1. The van der Waals surface area contributed by atoms with Gasteiger partial charge in [0.1, 0.15) is 5.75 Å². The molecule has 0 aliphatic heterocycles. The van der Waals surface area contributed by atoms with E-state index >= 15 is 0 Å². The van der Waals surface area contributed by atoms with Crippen molar-refractivity contribution in [1.82, 2.24) is 5.32 Å². The van der Waals surface area contributed by atoms with E-state index in [9.17, 15) is 13.2 Å². The van der Waals surface area contributed by atoms with Gasteiger partial charge in [-0.15, -0.1) is 0 Å². The van der Waals surface area contributed by atoms with Crippen LogP contribution in [0.15, 0.2) is 53.4 Å². The summed E-state index contributed by atoms with van der Waals surface area (Å²) in [4.78, 5) is 12.4. The van der Waals surface area contributed by atoms with Gasteiger partial charge in [-0.1, -0.05) is 24.3 Å². The smallest absolute Gasteiger partial charge is 0.224 e. The number of methoxy groups -OCH3 is 1. The summed E-state index contributed by atoms with van der Waals surface area (Å²) in [6.45, 7) is 1.86. The highest BCUT2D eigenvalue weighted by Gasteiger charge is 2.12. The van der Waals surface area contributed by atoms with Crippen molar-refractivity contribution in [1.29, 1.82) is 0 Å². The minimum atomic E-state index is -3.21. The lowest BCUT2D eigenvalue weighted by Gasteiger charge is -2.15. The van der Waals surface area contributed by atoms with Crippen molar-refractivity contribution < 1.29 is 17.9 Å². The summed E-state index contributed by atoms with van der Waals surface area (Å²) in [5.74, 6) is 0.604. The Labute approximate surface area is 142 Å². The van der Waals surface area contributed by atoms with Gasteiger partial charge in [0, 0.05) is 6.26 Å². The van der Waals surface area contributed by atoms with Crippen LogP contribution in [-0.4, -0.2) is 27.7 Å². The fourth-order valence-corrected chi connectivity index (χ4v) is 2.98. The van der Waals surface area contributed by atoms with Crippen molar-refractivity contribution in [2.75, 3.05) is 13.4 Å². The van der Waals surface area contributed by atoms with Crippen LogP contribution in [0.4, 0.5) is 0 Å². The molecule has 2 rings (SSSR count). The lowest BCUT2D eigenvalue weighted by Crippen LogP contribution is -2.28. The highest BCUT2D eigenvalue weighted by Crippen LogP contribution is 2.17. The summed E-state index contributed by atoms with van der Waals surface area (Å²) >= 11 is 0. The first-order valence-electron chi connectivity index (χ1n) is 7.52. The number of rotatable bonds is 6. The Morgan fingerprint density at radius 2 is 1.83 bits per heavy atom. The molecular formula is C18H21NO4S. The van der Waals surface area contributed by atoms with Crippen LogP contribution >= 0.6 is 0 Å². The number of benzene rings is 2. The molecule has 0 heterocycles. The van der Waals surface area contributed by atoms with Crippen molar-refractivity contribution in [2.45, 2.75) is 24.3 Å². The minimum Gasteiger partial charge on any atom is -0.497 e. The average Bonchev–Trinajstić information content (AvgIpc) is 2.54. The van der Waals surface area contributed by atoms with Gasteiger partial charge in [0.25, 0.3) is 0 Å². The fraction of sp³-hybridized carbons (Fsp3) is 0.278. The second-order valence-corrected chi connectivity index (χ2v) is 7.67. The quantitative estimate of drug-likeness (QED) is 0.871. The minimum absolute atomic E-state index is 0.108. The van der Waals surface area contributed by atoms with Crippen LogP contribution in [0.2, 0.25) is 0 Å². The largest absolute Gasteiger partial charge is 0.497 e. The zero-order valence-corrected chi connectivity index (χ0v) is 14.8. The molecule has 0 saturated heterocycles. The van der Waals surface area contributed by atoms with Crippen LogP contribution in [0.25, 0.3) is 0 Å². The summed E-state index contributed by atoms with van der Waals surface area (Å²) in [5.41, 5.74) is 1.72. The van der Waals surface area contributed by atoms with Gasteiger partial charge in [0.15, 0.2) is 9.84 Å². The Kier molecular flexibility index (Phi) is 5.62. The topological polar surface area (TPSA) is 72.5 Å². The second kappa shape index (κ2) is 7.49. The number of carbonyl (C=O) groups excluding carboxylic acids is 1. The van der Waals surface area contributed by atoms with E-state index in [2.05, 4.69) is 5.32 Å². The zero-order valence-electron chi connectivity index (χ0n) is 13.9. The average molecular weight is 347 g/mol. The van der Waals surface area contributed by atoms with E-state index in [0.717, 1.165) is 11.1 Å². The third-order valence-electron chi connectivity index (χ3n) is 3.68. The molecule has 128 valence electrons. The first-order valence-corrected chi connectivity index (χ1v) is 9.41. The third kappa shape index (κ3) is 4.83. The summed E-state index contributed by atoms with van der Waals surface area (Å²) in [5, 5.41) is 2.91. The Morgan fingerprint density at radius 1 is 1.17 bits per heavy atom. The Hall–Kier alpha value is -2.34. The highest BCUT2D eigenvalue weighted by molar-refractivity contribution is 7.90. The van der Waals surface area contributed by atoms with Crippen LogP contribution in [0.3, 0.4) is 0 Å². The summed E-state index contributed by atoms with van der Waals surface area (Å²) in [6, 6.07) is 13.7. The van der Waals surface area contributed by atoms with Crippen molar-refractivity contribution in [2.24, 2.45) is 0 Å².